The summed E-state index contributed by atoms with van der Waals surface area (Å²) in [6.07, 6.45) is -6.19. The van der Waals surface area contributed by atoms with Gasteiger partial charge >= 0.3 is 6.18 Å². The van der Waals surface area contributed by atoms with Gasteiger partial charge in [0, 0.05) is 11.6 Å². The number of ether oxygens (including phenoxy) is 2. The summed E-state index contributed by atoms with van der Waals surface area (Å²) in [5.41, 5.74) is 7.16. The number of alkyl halides is 3. The van der Waals surface area contributed by atoms with Crippen LogP contribution in [-0.2, 0) is 11.3 Å². The summed E-state index contributed by atoms with van der Waals surface area (Å²) in [6, 6.07) is 5.02. The number of hydrogen-bond acceptors (Lipinski definition) is 3. The molecule has 3 nitrogen and oxygen atoms in total. The number of hydrogen-bond donors (Lipinski definition) is 1. The third kappa shape index (κ3) is 4.68. The van der Waals surface area contributed by atoms with Crippen LogP contribution in [-0.4, -0.2) is 18.9 Å². The lowest BCUT2D eigenvalue weighted by Gasteiger charge is -2.18. The molecular formula is C14H20F3NO2. The molecule has 0 fully saturated rings. The van der Waals surface area contributed by atoms with E-state index in [4.69, 9.17) is 15.2 Å². The molecule has 0 saturated carbocycles. The molecule has 114 valence electrons. The van der Waals surface area contributed by atoms with E-state index in [2.05, 4.69) is 0 Å². The maximum absolute atomic E-state index is 12.4. The molecule has 0 amide bonds. The molecule has 1 aromatic rings. The predicted molar refractivity (Wildman–Crippen MR) is 70.5 cm³/mol. The lowest BCUT2D eigenvalue weighted by Crippen LogP contribution is -2.28. The fourth-order valence-corrected chi connectivity index (χ4v) is 1.60. The quantitative estimate of drug-likeness (QED) is 0.871. The van der Waals surface area contributed by atoms with Gasteiger partial charge in [0.05, 0.1) is 13.2 Å². The monoisotopic (exact) mass is 291 g/mol. The molecule has 1 rings (SSSR count). The van der Waals surface area contributed by atoms with Crippen LogP contribution in [0, 0.1) is 0 Å². The fraction of sp³-hybridized carbons (Fsp3) is 0.571. The molecule has 0 spiro atoms. The summed E-state index contributed by atoms with van der Waals surface area (Å²) in [7, 11) is 0. The van der Waals surface area contributed by atoms with Gasteiger partial charge in [0.15, 0.2) is 6.10 Å². The molecule has 1 aromatic carbocycles. The second-order valence-corrected chi connectivity index (χ2v) is 4.58. The molecule has 0 aromatic heterocycles. The van der Waals surface area contributed by atoms with E-state index in [1.807, 2.05) is 6.92 Å². The minimum Gasteiger partial charge on any atom is -0.494 e. The van der Waals surface area contributed by atoms with E-state index in [1.165, 1.54) is 0 Å². The van der Waals surface area contributed by atoms with Crippen molar-refractivity contribution >= 4 is 0 Å². The third-order valence-corrected chi connectivity index (χ3v) is 2.86. The van der Waals surface area contributed by atoms with E-state index in [0.717, 1.165) is 12.5 Å². The van der Waals surface area contributed by atoms with Gasteiger partial charge in [0.25, 0.3) is 0 Å². The van der Waals surface area contributed by atoms with Crippen molar-refractivity contribution in [2.45, 2.75) is 45.7 Å². The third-order valence-electron chi connectivity index (χ3n) is 2.86. The lowest BCUT2D eigenvalue weighted by atomic mass is 10.1. The summed E-state index contributed by atoms with van der Waals surface area (Å²) in [5.74, 6) is 0.520. The Morgan fingerprint density at radius 2 is 1.90 bits per heavy atom. The minimum atomic E-state index is -4.37. The smallest absolute Gasteiger partial charge is 0.414 e. The van der Waals surface area contributed by atoms with Crippen LogP contribution in [0.2, 0.25) is 0 Å². The second kappa shape index (κ2) is 6.95. The zero-order valence-electron chi connectivity index (χ0n) is 11.8. The Kier molecular flexibility index (Phi) is 5.83. The molecule has 0 radical (unpaired) electrons. The molecule has 0 aliphatic rings. The van der Waals surface area contributed by atoms with Crippen molar-refractivity contribution in [1.82, 2.24) is 0 Å². The Morgan fingerprint density at radius 1 is 1.25 bits per heavy atom. The Balaban J connectivity index is 2.87. The van der Waals surface area contributed by atoms with E-state index in [-0.39, 0.29) is 12.6 Å². The van der Waals surface area contributed by atoms with Crippen molar-refractivity contribution in [2.75, 3.05) is 6.61 Å². The molecule has 0 aliphatic carbocycles. The highest BCUT2D eigenvalue weighted by Gasteiger charge is 2.37. The second-order valence-electron chi connectivity index (χ2n) is 4.58. The Morgan fingerprint density at radius 3 is 2.40 bits per heavy atom. The Hall–Kier alpha value is -1.27. The van der Waals surface area contributed by atoms with Crippen molar-refractivity contribution in [2.24, 2.45) is 5.73 Å². The topological polar surface area (TPSA) is 44.5 Å². The van der Waals surface area contributed by atoms with Crippen LogP contribution >= 0.6 is 0 Å². The summed E-state index contributed by atoms with van der Waals surface area (Å²) in [6.45, 7) is 4.85. The number of nitrogens with two attached hydrogens (primary N) is 1. The van der Waals surface area contributed by atoms with Gasteiger partial charge in [-0.2, -0.15) is 13.2 Å². The predicted octanol–water partition coefficient (Wildman–Crippen LogP) is 3.57. The summed E-state index contributed by atoms with van der Waals surface area (Å²) in [5, 5.41) is 0. The summed E-state index contributed by atoms with van der Waals surface area (Å²) < 4.78 is 47.6. The average Bonchev–Trinajstić information content (AvgIpc) is 2.36. The highest BCUT2D eigenvalue weighted by Crippen LogP contribution is 2.27. The normalized spacial score (nSPS) is 14.9. The van der Waals surface area contributed by atoms with Crippen molar-refractivity contribution < 1.29 is 22.6 Å². The van der Waals surface area contributed by atoms with Gasteiger partial charge in [-0.05, 0) is 38.5 Å². The number of rotatable bonds is 6. The van der Waals surface area contributed by atoms with Crippen molar-refractivity contribution in [3.63, 3.8) is 0 Å². The maximum atomic E-state index is 12.4. The van der Waals surface area contributed by atoms with Crippen molar-refractivity contribution in [3.8, 4) is 5.75 Å². The zero-order valence-corrected chi connectivity index (χ0v) is 11.8. The van der Waals surface area contributed by atoms with Gasteiger partial charge in [-0.3, -0.25) is 0 Å². The standard InChI is InChI=1S/C14H20F3NO2/c1-4-19-13-6-5-11(9(2)18)7-12(13)8-20-10(3)14(15,16)17/h5-7,9-10H,4,8,18H2,1-3H3. The largest absolute Gasteiger partial charge is 0.494 e. The van der Waals surface area contributed by atoms with Gasteiger partial charge in [-0.15, -0.1) is 0 Å². The van der Waals surface area contributed by atoms with Crippen LogP contribution in [0.3, 0.4) is 0 Å². The SMILES string of the molecule is CCOc1ccc(C(C)N)cc1COC(C)C(F)(F)F. The van der Waals surface area contributed by atoms with E-state index >= 15 is 0 Å². The average molecular weight is 291 g/mol. The molecular weight excluding hydrogens is 271 g/mol. The molecule has 6 heteroatoms. The summed E-state index contributed by atoms with van der Waals surface area (Å²) in [4.78, 5) is 0. The first-order chi connectivity index (χ1) is 9.25. The molecule has 2 N–H and O–H groups in total. The highest BCUT2D eigenvalue weighted by atomic mass is 19.4. The van der Waals surface area contributed by atoms with Crippen molar-refractivity contribution in [1.29, 1.82) is 0 Å². The zero-order chi connectivity index (χ0) is 15.3. The molecule has 0 saturated heterocycles. The van der Waals surface area contributed by atoms with Crippen LogP contribution in [0.15, 0.2) is 18.2 Å². The molecule has 2 atom stereocenters. The van der Waals surface area contributed by atoms with Crippen LogP contribution < -0.4 is 10.5 Å². The van der Waals surface area contributed by atoms with Crippen LogP contribution in [0.5, 0.6) is 5.75 Å². The van der Waals surface area contributed by atoms with Gasteiger partial charge in [-0.25, -0.2) is 0 Å². The first-order valence-electron chi connectivity index (χ1n) is 6.45. The molecule has 0 aliphatic heterocycles. The van der Waals surface area contributed by atoms with Crippen LogP contribution in [0.25, 0.3) is 0 Å². The van der Waals surface area contributed by atoms with Crippen molar-refractivity contribution in [3.05, 3.63) is 29.3 Å². The highest BCUT2D eigenvalue weighted by molar-refractivity contribution is 5.38. The Bertz CT molecular complexity index is 433. The number of benzene rings is 1. The first kappa shape index (κ1) is 16.8. The first-order valence-corrected chi connectivity index (χ1v) is 6.45. The van der Waals surface area contributed by atoms with Crippen LogP contribution in [0.1, 0.15) is 37.9 Å². The van der Waals surface area contributed by atoms with E-state index in [0.29, 0.717) is 17.9 Å². The van der Waals surface area contributed by atoms with E-state index in [9.17, 15) is 13.2 Å². The molecule has 20 heavy (non-hydrogen) atoms. The fourth-order valence-electron chi connectivity index (χ4n) is 1.60. The minimum absolute atomic E-state index is 0.170. The lowest BCUT2D eigenvalue weighted by molar-refractivity contribution is -0.217. The molecule has 2 unspecified atom stereocenters. The maximum Gasteiger partial charge on any atom is 0.414 e. The van der Waals surface area contributed by atoms with E-state index < -0.39 is 12.3 Å². The van der Waals surface area contributed by atoms with E-state index in [1.54, 1.807) is 25.1 Å². The number of halogens is 3. The van der Waals surface area contributed by atoms with Gasteiger partial charge in [0.2, 0.25) is 0 Å². The van der Waals surface area contributed by atoms with Crippen LogP contribution in [0.4, 0.5) is 13.2 Å². The van der Waals surface area contributed by atoms with Gasteiger partial charge in [0.1, 0.15) is 5.75 Å². The molecule has 0 heterocycles. The van der Waals surface area contributed by atoms with Gasteiger partial charge < -0.3 is 15.2 Å². The van der Waals surface area contributed by atoms with Gasteiger partial charge in [-0.1, -0.05) is 6.07 Å². The molecule has 0 bridgehead atoms. The summed E-state index contributed by atoms with van der Waals surface area (Å²) >= 11 is 0. The Labute approximate surface area is 116 Å².